The molecule has 13 heteroatoms. The van der Waals surface area contributed by atoms with E-state index in [1.807, 2.05) is 18.2 Å². The maximum atomic E-state index is 14.1. The third-order valence-electron chi connectivity index (χ3n) is 5.41. The number of para-hydroxylation sites is 1. The molecular weight excluding hydrogens is 461 g/mol. The average molecular weight is 482 g/mol. The SMILES string of the molecule is O=S(=O)(Nc1cnc(N2CCN(c3ccccc3)CC2)nc1)c1ccc(F)c(-c2nn[nH]n2)c1. The van der Waals surface area contributed by atoms with Gasteiger partial charge >= 0.3 is 0 Å². The van der Waals surface area contributed by atoms with E-state index in [9.17, 15) is 12.8 Å². The summed E-state index contributed by atoms with van der Waals surface area (Å²) in [7, 11) is -4.02. The standard InChI is InChI=1S/C21H20FN9O2S/c22-19-7-6-17(12-18(19)20-25-28-29-26-20)34(32,33)27-15-13-23-21(24-14-15)31-10-8-30(9-11-31)16-4-2-1-3-5-16/h1-7,12-14,27H,8-11H2,(H,25,26,28,29). The summed E-state index contributed by atoms with van der Waals surface area (Å²) in [6.45, 7) is 3.15. The van der Waals surface area contributed by atoms with Gasteiger partial charge in [-0.3, -0.25) is 4.72 Å². The van der Waals surface area contributed by atoms with Gasteiger partial charge in [-0.25, -0.2) is 22.8 Å². The van der Waals surface area contributed by atoms with Crippen molar-refractivity contribution in [3.05, 3.63) is 66.7 Å². The fourth-order valence-corrected chi connectivity index (χ4v) is 4.73. The number of aromatic nitrogens is 6. The molecule has 1 aliphatic rings. The van der Waals surface area contributed by atoms with Crippen molar-refractivity contribution < 1.29 is 12.8 Å². The van der Waals surface area contributed by atoms with Gasteiger partial charge in [0.15, 0.2) is 0 Å². The molecule has 5 rings (SSSR count). The topological polar surface area (TPSA) is 133 Å². The number of sulfonamides is 1. The molecule has 1 saturated heterocycles. The highest BCUT2D eigenvalue weighted by atomic mass is 32.2. The van der Waals surface area contributed by atoms with Gasteiger partial charge in [0.05, 0.1) is 28.5 Å². The molecule has 0 unspecified atom stereocenters. The van der Waals surface area contributed by atoms with Gasteiger partial charge in [0.2, 0.25) is 11.8 Å². The minimum Gasteiger partial charge on any atom is -0.368 e. The van der Waals surface area contributed by atoms with Crippen molar-refractivity contribution in [2.24, 2.45) is 0 Å². The van der Waals surface area contributed by atoms with Crippen LogP contribution < -0.4 is 14.5 Å². The van der Waals surface area contributed by atoms with Crippen molar-refractivity contribution >= 4 is 27.3 Å². The molecule has 34 heavy (non-hydrogen) atoms. The maximum Gasteiger partial charge on any atom is 0.262 e. The molecule has 0 amide bonds. The Bertz CT molecular complexity index is 1360. The minimum atomic E-state index is -4.02. The smallest absolute Gasteiger partial charge is 0.262 e. The van der Waals surface area contributed by atoms with E-state index in [0.717, 1.165) is 44.4 Å². The first-order chi connectivity index (χ1) is 16.5. The summed E-state index contributed by atoms with van der Waals surface area (Å²) in [6.07, 6.45) is 2.82. The van der Waals surface area contributed by atoms with E-state index in [2.05, 4.69) is 57.2 Å². The summed E-state index contributed by atoms with van der Waals surface area (Å²) in [4.78, 5) is 12.8. The largest absolute Gasteiger partial charge is 0.368 e. The zero-order valence-corrected chi connectivity index (χ0v) is 18.7. The minimum absolute atomic E-state index is 0.0467. The number of rotatable bonds is 6. The van der Waals surface area contributed by atoms with Crippen molar-refractivity contribution in [3.63, 3.8) is 0 Å². The van der Waals surface area contributed by atoms with Crippen molar-refractivity contribution in [1.29, 1.82) is 0 Å². The first kappa shape index (κ1) is 21.7. The van der Waals surface area contributed by atoms with Crippen LogP contribution in [0.5, 0.6) is 0 Å². The van der Waals surface area contributed by atoms with Crippen LogP contribution in [0.4, 0.5) is 21.7 Å². The summed E-state index contributed by atoms with van der Waals surface area (Å²) in [6, 6.07) is 13.5. The number of halogens is 1. The molecule has 1 fully saturated rings. The first-order valence-electron chi connectivity index (χ1n) is 10.4. The molecule has 2 N–H and O–H groups in total. The molecule has 0 spiro atoms. The molecule has 0 atom stereocenters. The molecule has 0 bridgehead atoms. The van der Waals surface area contributed by atoms with E-state index >= 15 is 0 Å². The molecule has 0 aliphatic carbocycles. The van der Waals surface area contributed by atoms with E-state index in [-0.39, 0.29) is 22.0 Å². The lowest BCUT2D eigenvalue weighted by atomic mass is 10.2. The number of hydrogen-bond acceptors (Lipinski definition) is 9. The zero-order valence-electron chi connectivity index (χ0n) is 17.8. The van der Waals surface area contributed by atoms with E-state index < -0.39 is 15.8 Å². The Morgan fingerprint density at radius 3 is 2.32 bits per heavy atom. The highest BCUT2D eigenvalue weighted by molar-refractivity contribution is 7.92. The number of benzene rings is 2. The van der Waals surface area contributed by atoms with Gasteiger partial charge in [0, 0.05) is 31.9 Å². The van der Waals surface area contributed by atoms with Crippen LogP contribution in [0, 0.1) is 5.82 Å². The third-order valence-corrected chi connectivity index (χ3v) is 6.79. The van der Waals surface area contributed by atoms with Crippen molar-refractivity contribution in [2.45, 2.75) is 4.90 Å². The summed E-state index contributed by atoms with van der Waals surface area (Å²) < 4.78 is 42.2. The molecule has 1 aliphatic heterocycles. The molecule has 4 aromatic rings. The van der Waals surface area contributed by atoms with Crippen molar-refractivity contribution in [2.75, 3.05) is 40.7 Å². The monoisotopic (exact) mass is 481 g/mol. The Morgan fingerprint density at radius 1 is 0.941 bits per heavy atom. The number of anilines is 3. The molecule has 0 saturated carbocycles. The van der Waals surface area contributed by atoms with E-state index in [1.165, 1.54) is 18.1 Å². The van der Waals surface area contributed by atoms with Crippen LogP contribution in [-0.4, -0.2) is 65.2 Å². The average Bonchev–Trinajstić information content (AvgIpc) is 3.40. The number of aromatic amines is 1. The lowest BCUT2D eigenvalue weighted by Crippen LogP contribution is -2.47. The Morgan fingerprint density at radius 2 is 1.65 bits per heavy atom. The zero-order chi connectivity index (χ0) is 23.5. The molecule has 2 aromatic heterocycles. The summed E-state index contributed by atoms with van der Waals surface area (Å²) in [5, 5.41) is 13.0. The van der Waals surface area contributed by atoms with Crippen molar-refractivity contribution in [1.82, 2.24) is 30.6 Å². The molecule has 0 radical (unpaired) electrons. The first-order valence-corrected chi connectivity index (χ1v) is 11.9. The van der Waals surface area contributed by atoms with Gasteiger partial charge in [0.25, 0.3) is 10.0 Å². The van der Waals surface area contributed by atoms with Crippen molar-refractivity contribution in [3.8, 4) is 11.4 Å². The highest BCUT2D eigenvalue weighted by Crippen LogP contribution is 2.24. The van der Waals surface area contributed by atoms with E-state index in [0.29, 0.717) is 5.95 Å². The van der Waals surface area contributed by atoms with Crippen LogP contribution in [0.1, 0.15) is 0 Å². The van der Waals surface area contributed by atoms with E-state index in [4.69, 9.17) is 0 Å². The second-order valence-electron chi connectivity index (χ2n) is 7.56. The predicted octanol–water partition coefficient (Wildman–Crippen LogP) is 1.92. The normalized spacial score (nSPS) is 14.3. The second-order valence-corrected chi connectivity index (χ2v) is 9.25. The summed E-state index contributed by atoms with van der Waals surface area (Å²) in [5.41, 5.74) is 1.28. The molecular formula is C21H20FN9O2S. The van der Waals surface area contributed by atoms with Gasteiger partial charge in [-0.05, 0) is 35.5 Å². The number of piperazine rings is 1. The van der Waals surface area contributed by atoms with E-state index in [1.54, 1.807) is 0 Å². The van der Waals surface area contributed by atoms with Crippen LogP contribution in [0.15, 0.2) is 65.8 Å². The van der Waals surface area contributed by atoms with Crippen LogP contribution >= 0.6 is 0 Å². The number of hydrogen-bond donors (Lipinski definition) is 2. The summed E-state index contributed by atoms with van der Waals surface area (Å²) in [5.74, 6) is -0.188. The maximum absolute atomic E-state index is 14.1. The fraction of sp³-hybridized carbons (Fsp3) is 0.190. The van der Waals surface area contributed by atoms with Gasteiger partial charge in [0.1, 0.15) is 5.82 Å². The Balaban J connectivity index is 1.26. The predicted molar refractivity (Wildman–Crippen MR) is 123 cm³/mol. The van der Waals surface area contributed by atoms with Gasteiger partial charge in [-0.15, -0.1) is 10.2 Å². The Hall–Kier alpha value is -4.13. The number of H-pyrrole nitrogens is 1. The number of nitrogens with one attached hydrogen (secondary N) is 2. The van der Waals surface area contributed by atoms with Gasteiger partial charge in [-0.2, -0.15) is 5.21 Å². The lowest BCUT2D eigenvalue weighted by molar-refractivity contribution is 0.600. The van der Waals surface area contributed by atoms with Crippen LogP contribution in [0.2, 0.25) is 0 Å². The highest BCUT2D eigenvalue weighted by Gasteiger charge is 2.21. The third kappa shape index (κ3) is 4.50. The summed E-state index contributed by atoms with van der Waals surface area (Å²) >= 11 is 0. The number of nitrogens with zero attached hydrogens (tertiary/aromatic N) is 7. The molecule has 2 aromatic carbocycles. The van der Waals surface area contributed by atoms with Gasteiger partial charge < -0.3 is 9.80 Å². The number of tetrazole rings is 1. The molecule has 174 valence electrons. The van der Waals surface area contributed by atoms with Crippen LogP contribution in [-0.2, 0) is 10.0 Å². The Kier molecular flexibility index (Phi) is 5.76. The Labute approximate surface area is 194 Å². The fourth-order valence-electron chi connectivity index (χ4n) is 3.67. The molecule has 11 nitrogen and oxygen atoms in total. The van der Waals surface area contributed by atoms with Crippen LogP contribution in [0.25, 0.3) is 11.4 Å². The quantitative estimate of drug-likeness (QED) is 0.424. The molecule has 3 heterocycles. The lowest BCUT2D eigenvalue weighted by Gasteiger charge is -2.36. The van der Waals surface area contributed by atoms with Gasteiger partial charge in [-0.1, -0.05) is 18.2 Å². The van der Waals surface area contributed by atoms with Crippen LogP contribution in [0.3, 0.4) is 0 Å². The second kappa shape index (κ2) is 9.02.